The van der Waals surface area contributed by atoms with Crippen LogP contribution >= 0.6 is 27.9 Å². The van der Waals surface area contributed by atoms with Crippen LogP contribution in [0.2, 0.25) is 13.1 Å². The normalized spacial score (nSPS) is 10.8. The molecule has 2 aromatic carbocycles. The molecule has 0 saturated heterocycles. The van der Waals surface area contributed by atoms with E-state index in [2.05, 4.69) is 69.4 Å². The molecule has 0 saturated carbocycles. The number of hydrogen-bond acceptors (Lipinski definition) is 0. The fraction of sp³-hybridized carbons (Fsp3) is 0.267. The fourth-order valence-corrected chi connectivity index (χ4v) is 6.17. The Kier molecular flexibility index (Phi) is 7.48. The average Bonchev–Trinajstić information content (AvgIpc) is 2.70. The summed E-state index contributed by atoms with van der Waals surface area (Å²) < 4.78 is 0. The Labute approximate surface area is 140 Å². The minimum atomic E-state index is -1.92. The van der Waals surface area contributed by atoms with E-state index in [0.717, 1.165) is 0 Å². The molecular formula is C15H19Cl3SiTi. The van der Waals surface area contributed by atoms with Crippen molar-refractivity contribution in [2.75, 3.05) is 0 Å². The van der Waals surface area contributed by atoms with E-state index in [1.165, 1.54) is 16.3 Å². The second-order valence-electron chi connectivity index (χ2n) is 5.28. The summed E-state index contributed by atoms with van der Waals surface area (Å²) in [5.74, 6) is 0. The first-order chi connectivity index (χ1) is 9.26. The van der Waals surface area contributed by atoms with Crippen LogP contribution in [0.5, 0.6) is 0 Å². The van der Waals surface area contributed by atoms with Crippen LogP contribution in [0.4, 0.5) is 0 Å². The van der Waals surface area contributed by atoms with Gasteiger partial charge in [-0.05, 0) is 0 Å². The van der Waals surface area contributed by atoms with Crippen molar-refractivity contribution >= 4 is 46.4 Å². The van der Waals surface area contributed by atoms with Gasteiger partial charge in [-0.15, -0.1) is 0 Å². The summed E-state index contributed by atoms with van der Waals surface area (Å²) in [6.45, 7) is 9.36. The van der Waals surface area contributed by atoms with Crippen molar-refractivity contribution in [2.45, 2.75) is 26.9 Å². The number of hydrogen-bond donors (Lipinski definition) is 0. The van der Waals surface area contributed by atoms with Gasteiger partial charge < -0.3 is 0 Å². The maximum absolute atomic E-state index is 4.97. The van der Waals surface area contributed by atoms with Gasteiger partial charge in [-0.25, -0.2) is 12.1 Å². The van der Waals surface area contributed by atoms with E-state index in [0.29, 0.717) is 0 Å². The zero-order valence-electron chi connectivity index (χ0n) is 12.2. The molecule has 0 heterocycles. The average molecular weight is 382 g/mol. The fourth-order valence-electron chi connectivity index (χ4n) is 2.71. The first kappa shape index (κ1) is 18.4. The first-order valence-electron chi connectivity index (χ1n) is 6.39. The SMILES string of the molecule is Cc1ccc(C)[c-]1[Si](C)(C)c1ccccc1.[Cl][Ti+]([Cl])[Cl]. The number of rotatable bonds is 2. The third kappa shape index (κ3) is 4.98. The molecule has 0 N–H and O–H groups in total. The van der Waals surface area contributed by atoms with Crippen LogP contribution in [-0.4, -0.2) is 8.07 Å². The second-order valence-corrected chi connectivity index (χ2v) is 17.3. The van der Waals surface area contributed by atoms with Crippen LogP contribution < -0.4 is 10.4 Å². The van der Waals surface area contributed by atoms with Gasteiger partial charge in [0.25, 0.3) is 0 Å². The molecule has 0 aromatic heterocycles. The molecule has 0 spiro atoms. The molecule has 0 nitrogen and oxygen atoms in total. The van der Waals surface area contributed by atoms with Gasteiger partial charge in [-0.3, -0.25) is 0 Å². The van der Waals surface area contributed by atoms with Crippen molar-refractivity contribution in [3.8, 4) is 0 Å². The molecule has 20 heavy (non-hydrogen) atoms. The molecule has 0 unspecified atom stereocenters. The molecule has 0 bridgehead atoms. The molecule has 0 atom stereocenters. The van der Waals surface area contributed by atoms with Gasteiger partial charge in [-0.2, -0.15) is 16.3 Å². The van der Waals surface area contributed by atoms with Crippen molar-refractivity contribution in [3.05, 3.63) is 53.6 Å². The zero-order valence-corrected chi connectivity index (χ0v) is 17.0. The van der Waals surface area contributed by atoms with Gasteiger partial charge in [0.2, 0.25) is 0 Å². The van der Waals surface area contributed by atoms with E-state index in [9.17, 15) is 0 Å². The Morgan fingerprint density at radius 1 is 0.850 bits per heavy atom. The molecule has 108 valence electrons. The minimum absolute atomic E-state index is 1.46. The summed E-state index contributed by atoms with van der Waals surface area (Å²) >= 11 is -1.92. The third-order valence-corrected chi connectivity index (χ3v) is 7.31. The molecule has 2 rings (SSSR count). The van der Waals surface area contributed by atoms with Crippen LogP contribution in [0.25, 0.3) is 0 Å². The number of halogens is 3. The van der Waals surface area contributed by atoms with Gasteiger partial charge in [0, 0.05) is 0 Å². The molecule has 0 aliphatic rings. The maximum atomic E-state index is 4.97. The Bertz CT molecular complexity index is 513. The first-order valence-corrected chi connectivity index (χ1v) is 15.8. The molecule has 0 amide bonds. The monoisotopic (exact) mass is 380 g/mol. The third-order valence-electron chi connectivity index (χ3n) is 3.49. The van der Waals surface area contributed by atoms with Crippen LogP contribution in [0, 0.1) is 13.8 Å². The molecule has 2 aromatic rings. The van der Waals surface area contributed by atoms with Crippen molar-refractivity contribution in [3.63, 3.8) is 0 Å². The molecule has 0 aliphatic heterocycles. The van der Waals surface area contributed by atoms with E-state index in [1.54, 1.807) is 5.19 Å². The van der Waals surface area contributed by atoms with E-state index < -0.39 is 22.8 Å². The quantitative estimate of drug-likeness (QED) is 0.512. The van der Waals surface area contributed by atoms with Gasteiger partial charge in [0.1, 0.15) is 0 Å². The van der Waals surface area contributed by atoms with E-state index >= 15 is 0 Å². The van der Waals surface area contributed by atoms with E-state index in [-0.39, 0.29) is 0 Å². The molecular weight excluding hydrogens is 362 g/mol. The Morgan fingerprint density at radius 3 is 1.65 bits per heavy atom. The summed E-state index contributed by atoms with van der Waals surface area (Å²) in [5.41, 5.74) is 2.91. The Hall–Kier alpha value is 0.371. The van der Waals surface area contributed by atoms with Gasteiger partial charge in [0.15, 0.2) is 0 Å². The van der Waals surface area contributed by atoms with Crippen molar-refractivity contribution in [1.82, 2.24) is 0 Å². The predicted molar refractivity (Wildman–Crippen MR) is 92.3 cm³/mol. The zero-order chi connectivity index (χ0) is 15.3. The van der Waals surface area contributed by atoms with Crippen molar-refractivity contribution in [2.24, 2.45) is 0 Å². The van der Waals surface area contributed by atoms with Gasteiger partial charge >= 0.3 is 42.6 Å². The Balaban J connectivity index is 0.000000444. The van der Waals surface area contributed by atoms with Crippen LogP contribution in [0.3, 0.4) is 0 Å². The van der Waals surface area contributed by atoms with Crippen LogP contribution in [0.15, 0.2) is 42.5 Å². The summed E-state index contributed by atoms with van der Waals surface area (Å²) in [4.78, 5) is 0. The topological polar surface area (TPSA) is 0 Å². The van der Waals surface area contributed by atoms with Crippen LogP contribution in [0.1, 0.15) is 11.1 Å². The summed E-state index contributed by atoms with van der Waals surface area (Å²) in [6, 6.07) is 15.5. The standard InChI is InChI=1S/C15H19Si.3ClH.Ti/c1-12-10-11-13(2)15(12)16(3,4)14-8-6-5-7-9-14;;;;/h5-11H,1-4H3;3*1H;/q-1;;;;+4/p-3. The van der Waals surface area contributed by atoms with Crippen molar-refractivity contribution in [1.29, 1.82) is 0 Å². The van der Waals surface area contributed by atoms with Crippen LogP contribution in [-0.2, 0) is 14.7 Å². The molecule has 0 fully saturated rings. The number of aryl methyl sites for hydroxylation is 2. The van der Waals surface area contributed by atoms with Gasteiger partial charge in [-0.1, -0.05) is 62.5 Å². The van der Waals surface area contributed by atoms with Crippen molar-refractivity contribution < 1.29 is 14.7 Å². The van der Waals surface area contributed by atoms with E-state index in [1.807, 2.05) is 0 Å². The second kappa shape index (κ2) is 8.12. The number of benzene rings is 1. The summed E-state index contributed by atoms with van der Waals surface area (Å²) in [5, 5.41) is 3.13. The molecule has 5 heteroatoms. The Morgan fingerprint density at radius 2 is 1.25 bits per heavy atom. The van der Waals surface area contributed by atoms with E-state index in [4.69, 9.17) is 27.9 Å². The summed E-state index contributed by atoms with van der Waals surface area (Å²) in [7, 11) is 13.4. The summed E-state index contributed by atoms with van der Waals surface area (Å²) in [6.07, 6.45) is 0. The van der Waals surface area contributed by atoms with Gasteiger partial charge in [0.05, 0.1) is 8.07 Å². The molecule has 0 radical (unpaired) electrons. The predicted octanol–water partition coefficient (Wildman–Crippen LogP) is 4.91. The molecule has 0 aliphatic carbocycles.